The molecular weight excluding hydrogens is 673 g/mol. The minimum atomic E-state index is -1.60. The van der Waals surface area contributed by atoms with Crippen LogP contribution in [0.25, 0.3) is 6.08 Å². The lowest BCUT2D eigenvalue weighted by Gasteiger charge is -2.41. The van der Waals surface area contributed by atoms with Gasteiger partial charge in [-0.25, -0.2) is 8.78 Å². The van der Waals surface area contributed by atoms with Crippen LogP contribution in [0.3, 0.4) is 0 Å². The van der Waals surface area contributed by atoms with Crippen LogP contribution in [-0.4, -0.2) is 105 Å². The van der Waals surface area contributed by atoms with Crippen LogP contribution in [0.2, 0.25) is 10.0 Å². The maximum atomic E-state index is 15.0. The van der Waals surface area contributed by atoms with Crippen molar-refractivity contribution in [2.75, 3.05) is 6.79 Å². The normalized spacial score (nSPS) is 32.7. The van der Waals surface area contributed by atoms with Gasteiger partial charge in [0.1, 0.15) is 68.0 Å². The Morgan fingerprint density at radius 1 is 0.957 bits per heavy atom. The molecule has 0 unspecified atom stereocenters. The monoisotopic (exact) mass is 704 g/mol. The van der Waals surface area contributed by atoms with E-state index in [1.54, 1.807) is 0 Å². The second-order valence-electron chi connectivity index (χ2n) is 11.3. The number of halogens is 4. The predicted octanol–water partition coefficient (Wildman–Crippen LogP) is 1.42. The van der Waals surface area contributed by atoms with E-state index in [0.717, 1.165) is 12.1 Å². The van der Waals surface area contributed by atoms with Crippen molar-refractivity contribution in [2.24, 2.45) is 5.16 Å². The van der Waals surface area contributed by atoms with Gasteiger partial charge >= 0.3 is 0 Å². The van der Waals surface area contributed by atoms with Crippen molar-refractivity contribution in [3.05, 3.63) is 68.7 Å². The van der Waals surface area contributed by atoms with E-state index in [9.17, 15) is 34.7 Å². The molecule has 6 N–H and O–H groups in total. The molecule has 256 valence electrons. The Labute approximate surface area is 276 Å². The second kappa shape index (κ2) is 14.7. The zero-order valence-corrected chi connectivity index (χ0v) is 26.3. The summed E-state index contributed by atoms with van der Waals surface area (Å²) in [6.45, 7) is 2.46. The summed E-state index contributed by atoms with van der Waals surface area (Å²) in [6, 6.07) is 4.73. The highest BCUT2D eigenvalue weighted by atomic mass is 35.5. The van der Waals surface area contributed by atoms with E-state index >= 15 is 4.39 Å². The van der Waals surface area contributed by atoms with Gasteiger partial charge in [-0.05, 0) is 49.8 Å². The number of carbonyl (C=O) groups is 1. The summed E-state index contributed by atoms with van der Waals surface area (Å²) in [7, 11) is 0. The van der Waals surface area contributed by atoms with Gasteiger partial charge in [0.05, 0.1) is 16.8 Å². The Hall–Kier alpha value is -2.96. The van der Waals surface area contributed by atoms with Crippen LogP contribution in [0.4, 0.5) is 8.78 Å². The molecular formula is C30H32Cl2F2N2O11. The molecule has 13 nitrogen and oxygen atoms in total. The van der Waals surface area contributed by atoms with Gasteiger partial charge in [-0.2, -0.15) is 0 Å². The van der Waals surface area contributed by atoms with Crippen LogP contribution in [0.5, 0.6) is 5.75 Å². The van der Waals surface area contributed by atoms with E-state index in [-0.39, 0.29) is 51.6 Å². The van der Waals surface area contributed by atoms with E-state index in [1.165, 1.54) is 38.1 Å². The van der Waals surface area contributed by atoms with Gasteiger partial charge in [0.25, 0.3) is 0 Å². The van der Waals surface area contributed by atoms with Crippen LogP contribution < -0.4 is 10.1 Å². The number of aliphatic hydroxyl groups excluding tert-OH is 5. The number of oxime groups is 1. The number of nitrogens with zero attached hydrogens (tertiary/aromatic N) is 1. The molecule has 17 heteroatoms. The lowest BCUT2D eigenvalue weighted by atomic mass is 9.83. The van der Waals surface area contributed by atoms with Crippen LogP contribution >= 0.6 is 23.2 Å². The molecule has 3 aliphatic rings. The summed E-state index contributed by atoms with van der Waals surface area (Å²) in [5, 5.41) is 58.6. The molecule has 0 spiro atoms. The molecule has 2 aliphatic heterocycles. The topological polar surface area (TPSA) is 189 Å². The van der Waals surface area contributed by atoms with Gasteiger partial charge in [0.2, 0.25) is 12.2 Å². The van der Waals surface area contributed by atoms with Gasteiger partial charge in [-0.1, -0.05) is 34.4 Å². The van der Waals surface area contributed by atoms with Gasteiger partial charge in [-0.15, -0.1) is 0 Å². The zero-order valence-electron chi connectivity index (χ0n) is 24.8. The zero-order chi connectivity index (χ0) is 34.2. The van der Waals surface area contributed by atoms with E-state index in [2.05, 4.69) is 10.5 Å². The van der Waals surface area contributed by atoms with E-state index in [1.807, 2.05) is 0 Å². The van der Waals surface area contributed by atoms with Crippen LogP contribution in [0.15, 0.2) is 41.1 Å². The number of hydrogen-bond acceptors (Lipinski definition) is 12. The summed E-state index contributed by atoms with van der Waals surface area (Å²) in [6.07, 6.45) is -10.7. The van der Waals surface area contributed by atoms with Crippen molar-refractivity contribution in [1.82, 2.24) is 5.32 Å². The van der Waals surface area contributed by atoms with E-state index in [4.69, 9.17) is 47.0 Å². The van der Waals surface area contributed by atoms with Crippen molar-refractivity contribution in [3.8, 4) is 5.75 Å². The SMILES string of the molecule is CC(=Cc1ccc(O[C@@H]2O[C@H](C(C)=NOCc3cc(F)c(Cl)cc3Cl)[C@@H](O)[C@H]2O)c(F)c1)C(=O)N[C@@H]1[C@H](O)[C@@H](O)[C@H]2OCO[C@H]2[C@@H]1O. The van der Waals surface area contributed by atoms with Gasteiger partial charge in [-0.3, -0.25) is 4.79 Å². The third kappa shape index (κ3) is 7.54. The van der Waals surface area contributed by atoms with Gasteiger partial charge in [0, 0.05) is 16.2 Å². The number of aliphatic hydroxyl groups is 5. The molecule has 47 heavy (non-hydrogen) atoms. The molecule has 1 saturated carbocycles. The Bertz CT molecular complexity index is 1550. The molecule has 2 saturated heterocycles. The molecule has 5 rings (SSSR count). The molecule has 10 atom stereocenters. The second-order valence-corrected chi connectivity index (χ2v) is 12.1. The fourth-order valence-corrected chi connectivity index (χ4v) is 5.82. The molecule has 3 fully saturated rings. The number of amides is 1. The molecule has 2 heterocycles. The van der Waals surface area contributed by atoms with Crippen molar-refractivity contribution in [1.29, 1.82) is 0 Å². The first-order valence-electron chi connectivity index (χ1n) is 14.3. The van der Waals surface area contributed by atoms with Crippen LogP contribution in [0, 0.1) is 11.6 Å². The summed E-state index contributed by atoms with van der Waals surface area (Å²) >= 11 is 11.7. The molecule has 0 radical (unpaired) electrons. The first kappa shape index (κ1) is 35.3. The summed E-state index contributed by atoms with van der Waals surface area (Å²) in [5.41, 5.74) is 0.679. The summed E-state index contributed by atoms with van der Waals surface area (Å²) < 4.78 is 50.3. The maximum Gasteiger partial charge on any atom is 0.247 e. The van der Waals surface area contributed by atoms with Crippen molar-refractivity contribution >= 4 is 40.9 Å². The average Bonchev–Trinajstić information content (AvgIpc) is 3.63. The summed E-state index contributed by atoms with van der Waals surface area (Å²) in [5.74, 6) is -2.61. The number of fused-ring (bicyclic) bond motifs is 1. The summed E-state index contributed by atoms with van der Waals surface area (Å²) in [4.78, 5) is 18.0. The Kier molecular flexibility index (Phi) is 11.0. The van der Waals surface area contributed by atoms with Crippen molar-refractivity contribution in [3.63, 3.8) is 0 Å². The highest BCUT2D eigenvalue weighted by Crippen LogP contribution is 2.31. The minimum Gasteiger partial charge on any atom is -0.459 e. The van der Waals surface area contributed by atoms with Gasteiger partial charge in [0.15, 0.2) is 11.6 Å². The van der Waals surface area contributed by atoms with Gasteiger partial charge < -0.3 is 54.6 Å². The highest BCUT2D eigenvalue weighted by molar-refractivity contribution is 6.35. The standard InChI is InChI=1S/C30H32Cl2F2N2O11/c1-11(29(42)35-20-21(37)23(39)28-27(22(20)38)43-10-44-28)5-13-3-4-19(18(34)6-13)46-30-25(41)24(40)26(47-30)12(2)36-45-9-14-7-17(33)16(32)8-15(14)31/h3-8,20-28,30,37-41H,9-10H2,1-2H3,(H,35,42)/t20-,21+,22-,23-,24+,25-,26-,27+,28-,30-/m1/s1. The average molecular weight is 705 g/mol. The Balaban J connectivity index is 1.18. The molecule has 2 aromatic carbocycles. The largest absolute Gasteiger partial charge is 0.459 e. The lowest BCUT2D eigenvalue weighted by molar-refractivity contribution is -0.155. The molecule has 0 bridgehead atoms. The lowest BCUT2D eigenvalue weighted by Crippen LogP contribution is -2.67. The van der Waals surface area contributed by atoms with Crippen LogP contribution in [0.1, 0.15) is 25.0 Å². The smallest absolute Gasteiger partial charge is 0.247 e. The van der Waals surface area contributed by atoms with Crippen molar-refractivity contribution in [2.45, 2.75) is 81.6 Å². The Morgan fingerprint density at radius 3 is 2.36 bits per heavy atom. The molecule has 1 aliphatic carbocycles. The number of rotatable bonds is 9. The minimum absolute atomic E-state index is 0.0821. The van der Waals surface area contributed by atoms with E-state index in [0.29, 0.717) is 0 Å². The fourth-order valence-electron chi connectivity index (χ4n) is 5.38. The number of benzene rings is 2. The number of carbonyl (C=O) groups excluding carboxylic acids is 1. The molecule has 1 amide bonds. The quantitative estimate of drug-likeness (QED) is 0.0959. The third-order valence-corrected chi connectivity index (χ3v) is 8.63. The predicted molar refractivity (Wildman–Crippen MR) is 160 cm³/mol. The van der Waals surface area contributed by atoms with E-state index < -0.39 is 78.7 Å². The maximum absolute atomic E-state index is 15.0. The number of hydrogen-bond donors (Lipinski definition) is 6. The fraction of sp³-hybridized carbons (Fsp3) is 0.467. The Morgan fingerprint density at radius 2 is 1.66 bits per heavy atom. The number of ether oxygens (including phenoxy) is 4. The third-order valence-electron chi connectivity index (χ3n) is 7.99. The molecule has 0 aromatic heterocycles. The number of nitrogens with one attached hydrogen (secondary N) is 1. The van der Waals surface area contributed by atoms with Crippen LogP contribution in [-0.2, 0) is 30.4 Å². The first-order valence-corrected chi connectivity index (χ1v) is 15.1. The molecule has 2 aromatic rings. The first-order chi connectivity index (χ1) is 22.3. The highest BCUT2D eigenvalue weighted by Gasteiger charge is 2.53. The van der Waals surface area contributed by atoms with Crippen molar-refractivity contribution < 1.29 is 62.9 Å².